The predicted octanol–water partition coefficient (Wildman–Crippen LogP) is 3.08. The van der Waals surface area contributed by atoms with Gasteiger partial charge >= 0.3 is 0 Å². The van der Waals surface area contributed by atoms with Gasteiger partial charge in [0, 0.05) is 29.6 Å². The van der Waals surface area contributed by atoms with Crippen molar-refractivity contribution in [2.75, 3.05) is 20.3 Å². The van der Waals surface area contributed by atoms with Crippen LogP contribution in [0.25, 0.3) is 10.9 Å². The number of benzene rings is 1. The number of carbonyl (C=O) groups is 1. The number of hydrogen-bond donors (Lipinski definition) is 2. The molecule has 0 aliphatic carbocycles. The fourth-order valence-corrected chi connectivity index (χ4v) is 2.93. The average molecular weight is 353 g/mol. The molecule has 1 heterocycles. The molecule has 24 heavy (non-hydrogen) atoms. The van der Waals surface area contributed by atoms with Crippen molar-refractivity contribution < 1.29 is 14.6 Å². The largest absolute Gasteiger partial charge is 0.394 e. The van der Waals surface area contributed by atoms with Crippen LogP contribution in [0.3, 0.4) is 0 Å². The van der Waals surface area contributed by atoms with E-state index in [0.717, 1.165) is 17.3 Å². The Morgan fingerprint density at radius 3 is 2.79 bits per heavy atom. The Morgan fingerprint density at radius 1 is 1.42 bits per heavy atom. The van der Waals surface area contributed by atoms with E-state index in [0.29, 0.717) is 23.9 Å². The fraction of sp³-hybridized carbons (Fsp3) is 0.500. The normalized spacial score (nSPS) is 13.9. The SMILES string of the molecule is CC[C@@H](C)[C@@H](CO)NC(=O)c1cc2cc(Cl)ccc2n1CCOC. The average Bonchev–Trinajstić information content (AvgIpc) is 2.94. The van der Waals surface area contributed by atoms with Crippen molar-refractivity contribution in [1.29, 1.82) is 0 Å². The zero-order valence-electron chi connectivity index (χ0n) is 14.4. The van der Waals surface area contributed by atoms with E-state index < -0.39 is 0 Å². The molecule has 0 saturated carbocycles. The summed E-state index contributed by atoms with van der Waals surface area (Å²) in [6.45, 7) is 5.04. The smallest absolute Gasteiger partial charge is 0.268 e. The van der Waals surface area contributed by atoms with Crippen LogP contribution in [0.2, 0.25) is 5.02 Å². The molecule has 6 heteroatoms. The predicted molar refractivity (Wildman–Crippen MR) is 96.6 cm³/mol. The molecule has 0 spiro atoms. The first-order valence-electron chi connectivity index (χ1n) is 8.21. The number of ether oxygens (including phenoxy) is 1. The first kappa shape index (κ1) is 18.8. The molecule has 132 valence electrons. The van der Waals surface area contributed by atoms with Gasteiger partial charge in [-0.2, -0.15) is 0 Å². The third-order valence-electron chi connectivity index (χ3n) is 4.46. The van der Waals surface area contributed by atoms with Crippen LogP contribution in [0.5, 0.6) is 0 Å². The highest BCUT2D eigenvalue weighted by Crippen LogP contribution is 2.24. The van der Waals surface area contributed by atoms with E-state index in [9.17, 15) is 9.90 Å². The van der Waals surface area contributed by atoms with E-state index in [1.54, 1.807) is 7.11 Å². The van der Waals surface area contributed by atoms with Crippen LogP contribution in [-0.2, 0) is 11.3 Å². The molecule has 0 saturated heterocycles. The molecule has 1 aromatic carbocycles. The van der Waals surface area contributed by atoms with Crippen LogP contribution >= 0.6 is 11.6 Å². The molecule has 0 bridgehead atoms. The zero-order valence-corrected chi connectivity index (χ0v) is 15.1. The van der Waals surface area contributed by atoms with Crippen LogP contribution in [0.1, 0.15) is 30.8 Å². The highest BCUT2D eigenvalue weighted by molar-refractivity contribution is 6.31. The van der Waals surface area contributed by atoms with Gasteiger partial charge in [0.1, 0.15) is 5.69 Å². The number of amides is 1. The maximum atomic E-state index is 12.8. The minimum Gasteiger partial charge on any atom is -0.394 e. The van der Waals surface area contributed by atoms with Crippen molar-refractivity contribution in [2.45, 2.75) is 32.9 Å². The van der Waals surface area contributed by atoms with E-state index in [4.69, 9.17) is 16.3 Å². The maximum Gasteiger partial charge on any atom is 0.268 e. The van der Waals surface area contributed by atoms with Gasteiger partial charge < -0.3 is 19.7 Å². The summed E-state index contributed by atoms with van der Waals surface area (Å²) in [6, 6.07) is 7.12. The number of methoxy groups -OCH3 is 1. The van der Waals surface area contributed by atoms with Crippen molar-refractivity contribution in [1.82, 2.24) is 9.88 Å². The summed E-state index contributed by atoms with van der Waals surface area (Å²) < 4.78 is 7.09. The molecule has 2 N–H and O–H groups in total. The standard InChI is InChI=1S/C18H25ClN2O3/c1-4-12(2)15(11-22)20-18(23)17-10-13-9-14(19)5-6-16(13)21(17)7-8-24-3/h5-6,9-10,12,15,22H,4,7-8,11H2,1-3H3,(H,20,23)/t12-,15-/m1/s1. The third kappa shape index (κ3) is 4.09. The molecule has 2 rings (SSSR count). The van der Waals surface area contributed by atoms with Gasteiger partial charge in [0.25, 0.3) is 5.91 Å². The Bertz CT molecular complexity index is 699. The van der Waals surface area contributed by atoms with E-state index in [1.807, 2.05) is 42.7 Å². The molecule has 0 aliphatic rings. The number of halogens is 1. The van der Waals surface area contributed by atoms with Crippen molar-refractivity contribution in [2.24, 2.45) is 5.92 Å². The van der Waals surface area contributed by atoms with Crippen molar-refractivity contribution in [3.8, 4) is 0 Å². The Hall–Kier alpha value is -1.56. The molecule has 1 aromatic heterocycles. The lowest BCUT2D eigenvalue weighted by Crippen LogP contribution is -2.42. The second-order valence-electron chi connectivity index (χ2n) is 6.03. The second kappa shape index (κ2) is 8.51. The van der Waals surface area contributed by atoms with Gasteiger partial charge in [-0.15, -0.1) is 0 Å². The molecule has 2 atom stereocenters. The van der Waals surface area contributed by atoms with Gasteiger partial charge in [0.15, 0.2) is 0 Å². The maximum absolute atomic E-state index is 12.8. The number of carbonyl (C=O) groups excluding carboxylic acids is 1. The minimum atomic E-state index is -0.264. The van der Waals surface area contributed by atoms with Gasteiger partial charge in [-0.05, 0) is 30.2 Å². The third-order valence-corrected chi connectivity index (χ3v) is 4.69. The van der Waals surface area contributed by atoms with Crippen LogP contribution in [0.4, 0.5) is 0 Å². The highest BCUT2D eigenvalue weighted by atomic mass is 35.5. The lowest BCUT2D eigenvalue weighted by atomic mass is 10.00. The fourth-order valence-electron chi connectivity index (χ4n) is 2.75. The topological polar surface area (TPSA) is 63.5 Å². The monoisotopic (exact) mass is 352 g/mol. The van der Waals surface area contributed by atoms with Gasteiger partial charge in [-0.3, -0.25) is 4.79 Å². The zero-order chi connectivity index (χ0) is 17.7. The number of fused-ring (bicyclic) bond motifs is 1. The van der Waals surface area contributed by atoms with Gasteiger partial charge in [-0.1, -0.05) is 31.9 Å². The number of aromatic nitrogens is 1. The Kier molecular flexibility index (Phi) is 6.66. The summed E-state index contributed by atoms with van der Waals surface area (Å²) >= 11 is 6.06. The van der Waals surface area contributed by atoms with E-state index in [-0.39, 0.29) is 24.5 Å². The summed E-state index contributed by atoms with van der Waals surface area (Å²) in [6.07, 6.45) is 0.883. The summed E-state index contributed by atoms with van der Waals surface area (Å²) in [7, 11) is 1.63. The van der Waals surface area contributed by atoms with Crippen molar-refractivity contribution in [3.05, 3.63) is 35.0 Å². The van der Waals surface area contributed by atoms with Gasteiger partial charge in [-0.25, -0.2) is 0 Å². The summed E-state index contributed by atoms with van der Waals surface area (Å²) in [4.78, 5) is 12.8. The highest BCUT2D eigenvalue weighted by Gasteiger charge is 2.21. The van der Waals surface area contributed by atoms with Crippen LogP contribution in [0.15, 0.2) is 24.3 Å². The molecule has 0 unspecified atom stereocenters. The molecule has 5 nitrogen and oxygen atoms in total. The molecule has 2 aromatic rings. The van der Waals surface area contributed by atoms with Gasteiger partial charge in [0.2, 0.25) is 0 Å². The van der Waals surface area contributed by atoms with Crippen LogP contribution < -0.4 is 5.32 Å². The molecule has 0 radical (unpaired) electrons. The van der Waals surface area contributed by atoms with E-state index in [2.05, 4.69) is 5.32 Å². The first-order valence-corrected chi connectivity index (χ1v) is 8.59. The lowest BCUT2D eigenvalue weighted by Gasteiger charge is -2.22. The first-order chi connectivity index (χ1) is 11.5. The molecular formula is C18H25ClN2O3. The van der Waals surface area contributed by atoms with Crippen LogP contribution in [-0.4, -0.2) is 41.9 Å². The van der Waals surface area contributed by atoms with Crippen molar-refractivity contribution in [3.63, 3.8) is 0 Å². The second-order valence-corrected chi connectivity index (χ2v) is 6.46. The Labute approximate surface area is 147 Å². The Morgan fingerprint density at radius 2 is 2.17 bits per heavy atom. The minimum absolute atomic E-state index is 0.0785. The quantitative estimate of drug-likeness (QED) is 0.767. The lowest BCUT2D eigenvalue weighted by molar-refractivity contribution is 0.0880. The van der Waals surface area contributed by atoms with Gasteiger partial charge in [0.05, 0.1) is 19.3 Å². The number of aliphatic hydroxyl groups is 1. The van der Waals surface area contributed by atoms with Crippen molar-refractivity contribution >= 4 is 28.4 Å². The Balaban J connectivity index is 2.36. The summed E-state index contributed by atoms with van der Waals surface area (Å²) in [5.41, 5.74) is 1.48. The number of rotatable bonds is 8. The summed E-state index contributed by atoms with van der Waals surface area (Å²) in [5.74, 6) is 0.00275. The summed E-state index contributed by atoms with van der Waals surface area (Å²) in [5, 5.41) is 14.0. The molecule has 0 aliphatic heterocycles. The number of aliphatic hydroxyl groups excluding tert-OH is 1. The number of hydrogen-bond acceptors (Lipinski definition) is 3. The van der Waals surface area contributed by atoms with Crippen LogP contribution in [0, 0.1) is 5.92 Å². The number of nitrogens with zero attached hydrogens (tertiary/aromatic N) is 1. The molecular weight excluding hydrogens is 328 g/mol. The molecule has 1 amide bonds. The number of nitrogens with one attached hydrogen (secondary N) is 1. The van der Waals surface area contributed by atoms with E-state index >= 15 is 0 Å². The van der Waals surface area contributed by atoms with E-state index in [1.165, 1.54) is 0 Å². The molecule has 0 fully saturated rings.